The average Bonchev–Trinajstić information content (AvgIpc) is 2.62. The molecule has 0 unspecified atom stereocenters. The fraction of sp³-hybridized carbons (Fsp3) is 0.158. The van der Waals surface area contributed by atoms with E-state index in [2.05, 4.69) is 10.3 Å². The summed E-state index contributed by atoms with van der Waals surface area (Å²) in [5.41, 5.74) is 1.69. The Morgan fingerprint density at radius 2 is 1.96 bits per heavy atom. The number of pyridine rings is 1. The summed E-state index contributed by atoms with van der Waals surface area (Å²) in [6.07, 6.45) is 1.67. The Morgan fingerprint density at radius 3 is 2.75 bits per heavy atom. The van der Waals surface area contributed by atoms with Crippen molar-refractivity contribution < 1.29 is 9.53 Å². The van der Waals surface area contributed by atoms with Crippen molar-refractivity contribution in [1.29, 1.82) is 0 Å². The molecule has 1 amide bonds. The Bertz CT molecular complexity index is 852. The van der Waals surface area contributed by atoms with Gasteiger partial charge in [-0.3, -0.25) is 9.78 Å². The molecule has 0 radical (unpaired) electrons. The molecule has 0 aliphatic heterocycles. The molecule has 3 rings (SSSR count). The normalized spacial score (nSPS) is 11.9. The number of halogens is 1. The molecule has 1 aromatic heterocycles. The quantitative estimate of drug-likeness (QED) is 0.759. The van der Waals surface area contributed by atoms with Crippen LogP contribution in [-0.4, -0.2) is 17.5 Å². The Hall–Kier alpha value is -2.59. The number of nitrogens with zero attached hydrogens (tertiary/aromatic N) is 1. The number of carbonyl (C=O) groups is 1. The SMILES string of the molecule is C[C@@H](NC(=O)COc1ccc(Cl)c2cccnc12)c1ccccc1. The fourth-order valence-corrected chi connectivity index (χ4v) is 2.70. The van der Waals surface area contributed by atoms with E-state index in [-0.39, 0.29) is 18.6 Å². The van der Waals surface area contributed by atoms with E-state index in [1.807, 2.05) is 49.4 Å². The van der Waals surface area contributed by atoms with Gasteiger partial charge in [-0.05, 0) is 36.8 Å². The van der Waals surface area contributed by atoms with Crippen molar-refractivity contribution in [1.82, 2.24) is 10.3 Å². The molecule has 0 aliphatic rings. The third-order valence-electron chi connectivity index (χ3n) is 3.72. The second-order valence-electron chi connectivity index (χ2n) is 5.43. The molecule has 1 heterocycles. The summed E-state index contributed by atoms with van der Waals surface area (Å²) < 4.78 is 5.64. The molecule has 3 aromatic rings. The molecule has 0 aliphatic carbocycles. The van der Waals surface area contributed by atoms with Gasteiger partial charge < -0.3 is 10.1 Å². The minimum Gasteiger partial charge on any atom is -0.481 e. The number of hydrogen-bond acceptors (Lipinski definition) is 3. The van der Waals surface area contributed by atoms with E-state index in [9.17, 15) is 4.79 Å². The lowest BCUT2D eigenvalue weighted by Crippen LogP contribution is -2.31. The summed E-state index contributed by atoms with van der Waals surface area (Å²) in [7, 11) is 0. The van der Waals surface area contributed by atoms with Crippen molar-refractivity contribution in [3.63, 3.8) is 0 Å². The molecule has 1 N–H and O–H groups in total. The second-order valence-corrected chi connectivity index (χ2v) is 5.84. The first-order chi connectivity index (χ1) is 11.6. The first-order valence-electron chi connectivity index (χ1n) is 7.65. The Balaban J connectivity index is 1.66. The van der Waals surface area contributed by atoms with Crippen LogP contribution in [0.5, 0.6) is 5.75 Å². The first kappa shape index (κ1) is 16.3. The zero-order valence-electron chi connectivity index (χ0n) is 13.2. The van der Waals surface area contributed by atoms with Crippen LogP contribution in [-0.2, 0) is 4.79 Å². The Kier molecular flexibility index (Phi) is 4.96. The molecule has 4 nitrogen and oxygen atoms in total. The van der Waals surface area contributed by atoms with Crippen molar-refractivity contribution in [2.45, 2.75) is 13.0 Å². The first-order valence-corrected chi connectivity index (χ1v) is 8.03. The minimum atomic E-state index is -0.189. The smallest absolute Gasteiger partial charge is 0.258 e. The number of benzene rings is 2. The molecule has 0 fully saturated rings. The predicted molar refractivity (Wildman–Crippen MR) is 95.2 cm³/mol. The lowest BCUT2D eigenvalue weighted by atomic mass is 10.1. The van der Waals surface area contributed by atoms with Crippen LogP contribution in [0.2, 0.25) is 5.02 Å². The van der Waals surface area contributed by atoms with E-state index in [0.29, 0.717) is 16.3 Å². The molecule has 1 atom stereocenters. The molecule has 0 bridgehead atoms. The van der Waals surface area contributed by atoms with Gasteiger partial charge in [0.25, 0.3) is 5.91 Å². The van der Waals surface area contributed by atoms with Gasteiger partial charge in [-0.25, -0.2) is 0 Å². The van der Waals surface area contributed by atoms with E-state index < -0.39 is 0 Å². The molecular formula is C19H17ClN2O2. The van der Waals surface area contributed by atoms with Gasteiger partial charge >= 0.3 is 0 Å². The number of rotatable bonds is 5. The van der Waals surface area contributed by atoms with Gasteiger partial charge in [0, 0.05) is 11.6 Å². The summed E-state index contributed by atoms with van der Waals surface area (Å²) in [4.78, 5) is 16.4. The number of amides is 1. The number of carbonyl (C=O) groups excluding carboxylic acids is 1. The number of hydrogen-bond donors (Lipinski definition) is 1. The lowest BCUT2D eigenvalue weighted by Gasteiger charge is -2.15. The highest BCUT2D eigenvalue weighted by atomic mass is 35.5. The minimum absolute atomic E-state index is 0.0789. The summed E-state index contributed by atoms with van der Waals surface area (Å²) in [6.45, 7) is 1.86. The van der Waals surface area contributed by atoms with Crippen LogP contribution in [0.3, 0.4) is 0 Å². The maximum absolute atomic E-state index is 12.1. The monoisotopic (exact) mass is 340 g/mol. The van der Waals surface area contributed by atoms with Gasteiger partial charge in [0.2, 0.25) is 0 Å². The summed E-state index contributed by atoms with van der Waals surface area (Å²) in [5.74, 6) is 0.350. The van der Waals surface area contributed by atoms with Crippen LogP contribution in [0.1, 0.15) is 18.5 Å². The predicted octanol–water partition coefficient (Wildman–Crippen LogP) is 4.14. The maximum Gasteiger partial charge on any atom is 0.258 e. The zero-order chi connectivity index (χ0) is 16.9. The van der Waals surface area contributed by atoms with Gasteiger partial charge in [0.05, 0.1) is 11.1 Å². The highest BCUT2D eigenvalue weighted by Crippen LogP contribution is 2.29. The Labute approximate surface area is 145 Å². The van der Waals surface area contributed by atoms with Crippen molar-refractivity contribution in [3.05, 3.63) is 71.4 Å². The van der Waals surface area contributed by atoms with Gasteiger partial charge in [-0.15, -0.1) is 0 Å². The van der Waals surface area contributed by atoms with Crippen LogP contribution in [0.4, 0.5) is 0 Å². The van der Waals surface area contributed by atoms with Crippen LogP contribution >= 0.6 is 11.6 Å². The lowest BCUT2D eigenvalue weighted by molar-refractivity contribution is -0.123. The van der Waals surface area contributed by atoms with Crippen LogP contribution in [0.25, 0.3) is 10.9 Å². The highest BCUT2D eigenvalue weighted by molar-refractivity contribution is 6.35. The zero-order valence-corrected chi connectivity index (χ0v) is 14.0. The van der Waals surface area contributed by atoms with E-state index >= 15 is 0 Å². The largest absolute Gasteiger partial charge is 0.481 e. The van der Waals surface area contributed by atoms with Crippen LogP contribution in [0, 0.1) is 0 Å². The molecule has 0 saturated heterocycles. The van der Waals surface area contributed by atoms with Gasteiger partial charge in [0.15, 0.2) is 6.61 Å². The van der Waals surface area contributed by atoms with E-state index in [1.54, 1.807) is 18.3 Å². The standard InChI is InChI=1S/C19H17ClN2O2/c1-13(14-6-3-2-4-7-14)22-18(23)12-24-17-10-9-16(20)15-8-5-11-21-19(15)17/h2-11,13H,12H2,1H3,(H,22,23)/t13-/m1/s1. The van der Waals surface area contributed by atoms with Crippen molar-refractivity contribution in [3.8, 4) is 5.75 Å². The maximum atomic E-state index is 12.1. The third kappa shape index (κ3) is 3.66. The molecule has 2 aromatic carbocycles. The van der Waals surface area contributed by atoms with Crippen molar-refractivity contribution >= 4 is 28.4 Å². The van der Waals surface area contributed by atoms with E-state index in [0.717, 1.165) is 10.9 Å². The average molecular weight is 341 g/mol. The highest BCUT2D eigenvalue weighted by Gasteiger charge is 2.12. The molecule has 24 heavy (non-hydrogen) atoms. The van der Waals surface area contributed by atoms with E-state index in [4.69, 9.17) is 16.3 Å². The fourth-order valence-electron chi connectivity index (χ4n) is 2.48. The number of nitrogens with one attached hydrogen (secondary N) is 1. The second kappa shape index (κ2) is 7.32. The van der Waals surface area contributed by atoms with Crippen LogP contribution in [0.15, 0.2) is 60.8 Å². The molecule has 122 valence electrons. The number of aromatic nitrogens is 1. The topological polar surface area (TPSA) is 51.2 Å². The summed E-state index contributed by atoms with van der Waals surface area (Å²) >= 11 is 6.15. The third-order valence-corrected chi connectivity index (χ3v) is 4.04. The van der Waals surface area contributed by atoms with Gasteiger partial charge in [0.1, 0.15) is 11.3 Å². The number of ether oxygens (including phenoxy) is 1. The van der Waals surface area contributed by atoms with Gasteiger partial charge in [-0.1, -0.05) is 41.9 Å². The van der Waals surface area contributed by atoms with Crippen LogP contribution < -0.4 is 10.1 Å². The molecule has 0 saturated carbocycles. The summed E-state index contributed by atoms with van der Waals surface area (Å²) in [5, 5.41) is 4.32. The summed E-state index contributed by atoms with van der Waals surface area (Å²) in [6, 6.07) is 16.9. The molecular weight excluding hydrogens is 324 g/mol. The number of fused-ring (bicyclic) bond motifs is 1. The van der Waals surface area contributed by atoms with Gasteiger partial charge in [-0.2, -0.15) is 0 Å². The van der Waals surface area contributed by atoms with Crippen molar-refractivity contribution in [2.24, 2.45) is 0 Å². The molecule has 0 spiro atoms. The molecule has 5 heteroatoms. The van der Waals surface area contributed by atoms with Crippen molar-refractivity contribution in [2.75, 3.05) is 6.61 Å². The Morgan fingerprint density at radius 1 is 1.17 bits per heavy atom. The van der Waals surface area contributed by atoms with E-state index in [1.165, 1.54) is 0 Å².